The molecule has 1 atom stereocenters. The van der Waals surface area contributed by atoms with E-state index in [1.165, 1.54) is 11.1 Å². The molecule has 1 unspecified atom stereocenters. The van der Waals surface area contributed by atoms with E-state index in [0.29, 0.717) is 37.6 Å². The van der Waals surface area contributed by atoms with E-state index < -0.39 is 0 Å². The number of amides is 1. The SMILES string of the molecule is COc1ccc(CCc2nnc(CCC(=O)N3CCN(C)C(c4ccccc4)C3)o2)cc1. The molecule has 0 spiro atoms. The van der Waals surface area contributed by atoms with E-state index in [-0.39, 0.29) is 11.9 Å². The van der Waals surface area contributed by atoms with Crippen molar-refractivity contribution in [2.45, 2.75) is 31.7 Å². The van der Waals surface area contributed by atoms with E-state index in [2.05, 4.69) is 34.3 Å². The number of hydrogen-bond acceptors (Lipinski definition) is 6. The maximum absolute atomic E-state index is 12.8. The monoisotopic (exact) mass is 434 g/mol. The molecule has 2 aromatic carbocycles. The lowest BCUT2D eigenvalue weighted by atomic mass is 10.0. The predicted molar refractivity (Wildman–Crippen MR) is 121 cm³/mol. The summed E-state index contributed by atoms with van der Waals surface area (Å²) < 4.78 is 11.0. The summed E-state index contributed by atoms with van der Waals surface area (Å²) >= 11 is 0. The quantitative estimate of drug-likeness (QED) is 0.542. The molecule has 1 amide bonds. The molecule has 3 aromatic rings. The number of rotatable bonds is 8. The fourth-order valence-corrected chi connectivity index (χ4v) is 4.04. The third kappa shape index (κ3) is 5.53. The van der Waals surface area contributed by atoms with Gasteiger partial charge in [0.2, 0.25) is 17.7 Å². The Labute approximate surface area is 189 Å². The molecule has 32 heavy (non-hydrogen) atoms. The van der Waals surface area contributed by atoms with Crippen LogP contribution in [0.25, 0.3) is 0 Å². The Balaban J connectivity index is 1.26. The number of benzene rings is 2. The number of aryl methyl sites for hydroxylation is 3. The van der Waals surface area contributed by atoms with Gasteiger partial charge in [-0.15, -0.1) is 10.2 Å². The van der Waals surface area contributed by atoms with Gasteiger partial charge in [0.15, 0.2) is 0 Å². The van der Waals surface area contributed by atoms with Gasteiger partial charge in [-0.2, -0.15) is 0 Å². The Bertz CT molecular complexity index is 1000. The van der Waals surface area contributed by atoms with E-state index in [9.17, 15) is 4.79 Å². The smallest absolute Gasteiger partial charge is 0.223 e. The van der Waals surface area contributed by atoms with E-state index in [0.717, 1.165) is 25.3 Å². The average Bonchev–Trinajstić information content (AvgIpc) is 3.30. The van der Waals surface area contributed by atoms with Crippen LogP contribution in [0.3, 0.4) is 0 Å². The minimum absolute atomic E-state index is 0.136. The molecule has 0 N–H and O–H groups in total. The first-order chi connectivity index (χ1) is 15.6. The molecule has 0 saturated carbocycles. The van der Waals surface area contributed by atoms with Gasteiger partial charge in [0.1, 0.15) is 5.75 Å². The maximum Gasteiger partial charge on any atom is 0.223 e. The zero-order chi connectivity index (χ0) is 22.3. The first-order valence-electron chi connectivity index (χ1n) is 11.1. The summed E-state index contributed by atoms with van der Waals surface area (Å²) in [6, 6.07) is 18.6. The minimum atomic E-state index is 0.136. The topological polar surface area (TPSA) is 71.7 Å². The standard InChI is InChI=1S/C25H30N4O3/c1-28-16-17-29(18-22(28)20-6-4-3-5-7-20)25(30)15-14-24-27-26-23(32-24)13-10-19-8-11-21(31-2)12-9-19/h3-9,11-12,22H,10,13-18H2,1-2H3. The third-order valence-electron chi connectivity index (χ3n) is 6.03. The van der Waals surface area contributed by atoms with Gasteiger partial charge >= 0.3 is 0 Å². The molecule has 2 heterocycles. The Morgan fingerprint density at radius 2 is 1.72 bits per heavy atom. The van der Waals surface area contributed by atoms with Crippen molar-refractivity contribution < 1.29 is 13.9 Å². The number of ether oxygens (including phenoxy) is 1. The number of likely N-dealkylation sites (N-methyl/N-ethyl adjacent to an activating group) is 1. The van der Waals surface area contributed by atoms with Crippen LogP contribution in [-0.2, 0) is 24.1 Å². The molecule has 4 rings (SSSR count). The van der Waals surface area contributed by atoms with Crippen LogP contribution in [0.15, 0.2) is 59.0 Å². The first-order valence-corrected chi connectivity index (χ1v) is 11.1. The Hall–Kier alpha value is -3.19. The molecular weight excluding hydrogens is 404 g/mol. The van der Waals surface area contributed by atoms with E-state index >= 15 is 0 Å². The molecule has 1 fully saturated rings. The van der Waals surface area contributed by atoms with Gasteiger partial charge in [-0.3, -0.25) is 9.69 Å². The molecule has 1 saturated heterocycles. The highest BCUT2D eigenvalue weighted by Crippen LogP contribution is 2.24. The second-order valence-electron chi connectivity index (χ2n) is 8.18. The van der Waals surface area contributed by atoms with Crippen molar-refractivity contribution in [1.29, 1.82) is 0 Å². The number of nitrogens with zero attached hydrogens (tertiary/aromatic N) is 4. The molecule has 1 aromatic heterocycles. The second kappa shape index (κ2) is 10.4. The Morgan fingerprint density at radius 3 is 2.44 bits per heavy atom. The summed E-state index contributed by atoms with van der Waals surface area (Å²) in [6.45, 7) is 2.31. The number of carbonyl (C=O) groups is 1. The van der Waals surface area contributed by atoms with E-state index in [1.54, 1.807) is 7.11 Å². The highest BCUT2D eigenvalue weighted by atomic mass is 16.5. The van der Waals surface area contributed by atoms with Crippen molar-refractivity contribution >= 4 is 5.91 Å². The minimum Gasteiger partial charge on any atom is -0.497 e. The number of hydrogen-bond donors (Lipinski definition) is 0. The summed E-state index contributed by atoms with van der Waals surface area (Å²) in [7, 11) is 3.77. The predicted octanol–water partition coefficient (Wildman–Crippen LogP) is 3.31. The van der Waals surface area contributed by atoms with Gasteiger partial charge in [-0.05, 0) is 36.7 Å². The largest absolute Gasteiger partial charge is 0.497 e. The van der Waals surface area contributed by atoms with E-state index in [4.69, 9.17) is 9.15 Å². The zero-order valence-electron chi connectivity index (χ0n) is 18.7. The zero-order valence-corrected chi connectivity index (χ0v) is 18.7. The molecule has 7 heteroatoms. The van der Waals surface area contributed by atoms with Gasteiger partial charge in [0.25, 0.3) is 0 Å². The highest BCUT2D eigenvalue weighted by molar-refractivity contribution is 5.76. The van der Waals surface area contributed by atoms with Crippen LogP contribution in [0.4, 0.5) is 0 Å². The van der Waals surface area contributed by atoms with Crippen LogP contribution >= 0.6 is 0 Å². The van der Waals surface area contributed by atoms with Crippen LogP contribution < -0.4 is 4.74 Å². The van der Waals surface area contributed by atoms with Crippen LogP contribution in [0.1, 0.15) is 35.4 Å². The number of methoxy groups -OCH3 is 1. The normalized spacial score (nSPS) is 16.8. The van der Waals surface area contributed by atoms with Gasteiger partial charge in [-0.1, -0.05) is 42.5 Å². The van der Waals surface area contributed by atoms with E-state index in [1.807, 2.05) is 47.4 Å². The summed E-state index contributed by atoms with van der Waals surface area (Å²) in [5.74, 6) is 2.11. The molecule has 0 bridgehead atoms. The highest BCUT2D eigenvalue weighted by Gasteiger charge is 2.28. The summed E-state index contributed by atoms with van der Waals surface area (Å²) in [5.41, 5.74) is 2.43. The first kappa shape index (κ1) is 22.0. The van der Waals surface area contributed by atoms with Gasteiger partial charge in [0.05, 0.1) is 13.2 Å². The fourth-order valence-electron chi connectivity index (χ4n) is 4.04. The van der Waals surface area contributed by atoms with Gasteiger partial charge in [-0.25, -0.2) is 0 Å². The molecule has 7 nitrogen and oxygen atoms in total. The number of carbonyl (C=O) groups excluding carboxylic acids is 1. The molecule has 0 radical (unpaired) electrons. The molecule has 0 aliphatic carbocycles. The van der Waals surface area contributed by atoms with Crippen molar-refractivity contribution in [3.8, 4) is 5.75 Å². The summed E-state index contributed by atoms with van der Waals surface area (Å²) in [6.07, 6.45) is 2.33. The third-order valence-corrected chi connectivity index (χ3v) is 6.03. The molecular formula is C25H30N4O3. The van der Waals surface area contributed by atoms with Crippen molar-refractivity contribution in [3.05, 3.63) is 77.5 Å². The van der Waals surface area contributed by atoms with Crippen molar-refractivity contribution in [3.63, 3.8) is 0 Å². The van der Waals surface area contributed by atoms with Crippen LogP contribution in [0.5, 0.6) is 5.75 Å². The molecule has 168 valence electrons. The Kier molecular flexibility index (Phi) is 7.17. The lowest BCUT2D eigenvalue weighted by Crippen LogP contribution is -2.49. The van der Waals surface area contributed by atoms with Crippen LogP contribution in [0.2, 0.25) is 0 Å². The van der Waals surface area contributed by atoms with Crippen LogP contribution in [0, 0.1) is 0 Å². The summed E-state index contributed by atoms with van der Waals surface area (Å²) in [4.78, 5) is 17.1. The Morgan fingerprint density at radius 1 is 1.00 bits per heavy atom. The molecule has 1 aliphatic heterocycles. The summed E-state index contributed by atoms with van der Waals surface area (Å²) in [5, 5.41) is 8.28. The number of piperazine rings is 1. The maximum atomic E-state index is 12.8. The van der Waals surface area contributed by atoms with Crippen molar-refractivity contribution in [1.82, 2.24) is 20.0 Å². The number of aromatic nitrogens is 2. The van der Waals surface area contributed by atoms with Crippen LogP contribution in [-0.4, -0.2) is 59.7 Å². The second-order valence-corrected chi connectivity index (χ2v) is 8.18. The average molecular weight is 435 g/mol. The van der Waals surface area contributed by atoms with Crippen molar-refractivity contribution in [2.75, 3.05) is 33.8 Å². The van der Waals surface area contributed by atoms with Crippen molar-refractivity contribution in [2.24, 2.45) is 0 Å². The lowest BCUT2D eigenvalue weighted by Gasteiger charge is -2.39. The lowest BCUT2D eigenvalue weighted by molar-refractivity contribution is -0.134. The van der Waals surface area contributed by atoms with Gasteiger partial charge in [0, 0.05) is 38.9 Å². The van der Waals surface area contributed by atoms with Gasteiger partial charge < -0.3 is 14.1 Å². The fraction of sp³-hybridized carbons (Fsp3) is 0.400. The molecule has 1 aliphatic rings.